The Kier molecular flexibility index (Phi) is 7.99. The maximum Gasteiger partial charge on any atom is 0.244 e. The lowest BCUT2D eigenvalue weighted by Crippen LogP contribution is -2.41. The van der Waals surface area contributed by atoms with Gasteiger partial charge in [0, 0.05) is 13.0 Å². The first-order chi connectivity index (χ1) is 13.1. The lowest BCUT2D eigenvalue weighted by molar-refractivity contribution is -0.135. The standard InChI is InChI=1S/C20H23N3O4/c24-18(23-27)12-17(11-15-7-3-1-4-8-15)20(26)22-14-19(25)21-13-16-9-5-2-6-10-16/h1-10,17,27H,11-14H2,(H,21,25)(H,22,26)(H,23,24). The first-order valence-electron chi connectivity index (χ1n) is 8.63. The number of hydrogen-bond donors (Lipinski definition) is 4. The van der Waals surface area contributed by atoms with Crippen molar-refractivity contribution >= 4 is 17.7 Å². The molecule has 0 aliphatic rings. The van der Waals surface area contributed by atoms with Gasteiger partial charge in [-0.2, -0.15) is 0 Å². The topological polar surface area (TPSA) is 108 Å². The molecular formula is C20H23N3O4. The monoisotopic (exact) mass is 369 g/mol. The lowest BCUT2D eigenvalue weighted by atomic mass is 9.95. The Bertz CT molecular complexity index is 750. The van der Waals surface area contributed by atoms with Crippen LogP contribution in [0.4, 0.5) is 0 Å². The second kappa shape index (κ2) is 10.7. The summed E-state index contributed by atoms with van der Waals surface area (Å²) in [4.78, 5) is 35.9. The van der Waals surface area contributed by atoms with Gasteiger partial charge in [0.1, 0.15) is 0 Å². The Morgan fingerprint density at radius 1 is 0.815 bits per heavy atom. The summed E-state index contributed by atoms with van der Waals surface area (Å²) >= 11 is 0. The van der Waals surface area contributed by atoms with Gasteiger partial charge >= 0.3 is 0 Å². The third kappa shape index (κ3) is 7.29. The second-order valence-electron chi connectivity index (χ2n) is 6.11. The van der Waals surface area contributed by atoms with E-state index >= 15 is 0 Å². The fourth-order valence-corrected chi connectivity index (χ4v) is 2.60. The van der Waals surface area contributed by atoms with Crippen LogP contribution in [0.3, 0.4) is 0 Å². The zero-order valence-corrected chi connectivity index (χ0v) is 14.9. The minimum absolute atomic E-state index is 0.178. The lowest BCUT2D eigenvalue weighted by Gasteiger charge is -2.16. The molecule has 142 valence electrons. The van der Waals surface area contributed by atoms with E-state index < -0.39 is 17.7 Å². The largest absolute Gasteiger partial charge is 0.350 e. The molecule has 0 saturated carbocycles. The molecule has 2 aromatic rings. The van der Waals surface area contributed by atoms with Gasteiger partial charge in [0.05, 0.1) is 12.5 Å². The molecule has 0 aromatic heterocycles. The summed E-state index contributed by atoms with van der Waals surface area (Å²) in [5.74, 6) is -2.09. The number of rotatable bonds is 9. The average Bonchev–Trinajstić information content (AvgIpc) is 2.71. The molecule has 0 radical (unpaired) electrons. The number of benzene rings is 2. The smallest absolute Gasteiger partial charge is 0.244 e. The number of hydrogen-bond acceptors (Lipinski definition) is 4. The summed E-state index contributed by atoms with van der Waals surface area (Å²) in [6, 6.07) is 18.7. The molecule has 1 atom stereocenters. The molecule has 0 aliphatic heterocycles. The summed E-state index contributed by atoms with van der Waals surface area (Å²) in [6.07, 6.45) is 0.147. The zero-order valence-electron chi connectivity index (χ0n) is 14.9. The molecule has 1 unspecified atom stereocenters. The van der Waals surface area contributed by atoms with Crippen molar-refractivity contribution in [2.24, 2.45) is 5.92 Å². The van der Waals surface area contributed by atoms with E-state index in [9.17, 15) is 14.4 Å². The second-order valence-corrected chi connectivity index (χ2v) is 6.11. The van der Waals surface area contributed by atoms with Gasteiger partial charge in [-0.15, -0.1) is 0 Å². The highest BCUT2D eigenvalue weighted by Crippen LogP contribution is 2.13. The molecular weight excluding hydrogens is 346 g/mol. The van der Waals surface area contributed by atoms with Gasteiger partial charge in [-0.25, -0.2) is 5.48 Å². The Hall–Kier alpha value is -3.19. The summed E-state index contributed by atoms with van der Waals surface area (Å²) in [7, 11) is 0. The van der Waals surface area contributed by atoms with E-state index in [1.807, 2.05) is 60.7 Å². The number of nitrogens with one attached hydrogen (secondary N) is 3. The molecule has 4 N–H and O–H groups in total. The minimum atomic E-state index is -0.693. The van der Waals surface area contributed by atoms with Crippen LogP contribution in [-0.2, 0) is 27.3 Å². The molecule has 27 heavy (non-hydrogen) atoms. The van der Waals surface area contributed by atoms with Crippen molar-refractivity contribution in [3.63, 3.8) is 0 Å². The molecule has 2 aromatic carbocycles. The van der Waals surface area contributed by atoms with Gasteiger partial charge in [-0.05, 0) is 17.5 Å². The van der Waals surface area contributed by atoms with Crippen molar-refractivity contribution in [3.05, 3.63) is 71.8 Å². The van der Waals surface area contributed by atoms with Crippen LogP contribution in [0.5, 0.6) is 0 Å². The fourth-order valence-electron chi connectivity index (χ4n) is 2.60. The Labute approximate surface area is 157 Å². The predicted octanol–water partition coefficient (Wildman–Crippen LogP) is 1.17. The van der Waals surface area contributed by atoms with Gasteiger partial charge in [0.2, 0.25) is 17.7 Å². The highest BCUT2D eigenvalue weighted by molar-refractivity contribution is 5.88. The van der Waals surface area contributed by atoms with E-state index in [0.29, 0.717) is 13.0 Å². The van der Waals surface area contributed by atoms with Gasteiger partial charge in [0.15, 0.2) is 0 Å². The highest BCUT2D eigenvalue weighted by Gasteiger charge is 2.22. The van der Waals surface area contributed by atoms with Crippen molar-refractivity contribution in [3.8, 4) is 0 Å². The first kappa shape index (κ1) is 20.1. The third-order valence-electron chi connectivity index (χ3n) is 4.01. The van der Waals surface area contributed by atoms with Gasteiger partial charge in [-0.3, -0.25) is 19.6 Å². The van der Waals surface area contributed by atoms with Crippen LogP contribution in [0.15, 0.2) is 60.7 Å². The number of hydroxylamine groups is 1. The van der Waals surface area contributed by atoms with Crippen LogP contribution in [-0.4, -0.2) is 29.5 Å². The SMILES string of the molecule is O=C(CC(Cc1ccccc1)C(=O)NCC(=O)NCc1ccccc1)NO. The van der Waals surface area contributed by atoms with Gasteiger partial charge < -0.3 is 10.6 Å². The minimum Gasteiger partial charge on any atom is -0.350 e. The first-order valence-corrected chi connectivity index (χ1v) is 8.63. The summed E-state index contributed by atoms with van der Waals surface area (Å²) in [5, 5.41) is 14.0. The molecule has 7 nitrogen and oxygen atoms in total. The van der Waals surface area contributed by atoms with Crippen LogP contribution >= 0.6 is 0 Å². The molecule has 0 spiro atoms. The fraction of sp³-hybridized carbons (Fsp3) is 0.250. The van der Waals surface area contributed by atoms with Crippen molar-refractivity contribution in [1.82, 2.24) is 16.1 Å². The van der Waals surface area contributed by atoms with E-state index in [2.05, 4.69) is 10.6 Å². The summed E-state index contributed by atoms with van der Waals surface area (Å²) < 4.78 is 0. The van der Waals surface area contributed by atoms with Gasteiger partial charge in [0.25, 0.3) is 0 Å². The van der Waals surface area contributed by atoms with Crippen LogP contribution in [0, 0.1) is 5.92 Å². The molecule has 3 amide bonds. The number of carbonyl (C=O) groups excluding carboxylic acids is 3. The van der Waals surface area contributed by atoms with Crippen LogP contribution in [0.1, 0.15) is 17.5 Å². The van der Waals surface area contributed by atoms with Crippen LogP contribution < -0.4 is 16.1 Å². The number of amides is 3. The van der Waals surface area contributed by atoms with Crippen molar-refractivity contribution in [2.75, 3.05) is 6.54 Å². The molecule has 0 heterocycles. The summed E-state index contributed by atoms with van der Waals surface area (Å²) in [6.45, 7) is 0.188. The predicted molar refractivity (Wildman–Crippen MR) is 99.5 cm³/mol. The van der Waals surface area contributed by atoms with Gasteiger partial charge in [-0.1, -0.05) is 60.7 Å². The molecule has 2 rings (SSSR count). The normalized spacial score (nSPS) is 11.3. The van der Waals surface area contributed by atoms with E-state index in [4.69, 9.17) is 5.21 Å². The highest BCUT2D eigenvalue weighted by atomic mass is 16.5. The van der Waals surface area contributed by atoms with Crippen molar-refractivity contribution in [2.45, 2.75) is 19.4 Å². The maximum atomic E-state index is 12.4. The van der Waals surface area contributed by atoms with Crippen LogP contribution in [0.2, 0.25) is 0 Å². The van der Waals surface area contributed by atoms with Crippen molar-refractivity contribution < 1.29 is 19.6 Å². The maximum absolute atomic E-state index is 12.4. The third-order valence-corrected chi connectivity index (χ3v) is 4.01. The molecule has 0 saturated heterocycles. The number of carbonyl (C=O) groups is 3. The van der Waals surface area contributed by atoms with E-state index in [-0.39, 0.29) is 18.9 Å². The Balaban J connectivity index is 1.86. The Morgan fingerprint density at radius 3 is 2.00 bits per heavy atom. The molecule has 0 aliphatic carbocycles. The molecule has 0 bridgehead atoms. The molecule has 0 fully saturated rings. The quantitative estimate of drug-likeness (QED) is 0.393. The summed E-state index contributed by atoms with van der Waals surface area (Å²) in [5.41, 5.74) is 3.38. The van der Waals surface area contributed by atoms with Crippen LogP contribution in [0.25, 0.3) is 0 Å². The Morgan fingerprint density at radius 2 is 1.41 bits per heavy atom. The van der Waals surface area contributed by atoms with E-state index in [1.54, 1.807) is 5.48 Å². The van der Waals surface area contributed by atoms with E-state index in [1.165, 1.54) is 0 Å². The zero-order chi connectivity index (χ0) is 19.5. The van der Waals surface area contributed by atoms with Crippen molar-refractivity contribution in [1.29, 1.82) is 0 Å². The van der Waals surface area contributed by atoms with E-state index in [0.717, 1.165) is 11.1 Å². The average molecular weight is 369 g/mol. The molecule has 7 heteroatoms.